The van der Waals surface area contributed by atoms with Crippen LogP contribution in [0.3, 0.4) is 0 Å². The van der Waals surface area contributed by atoms with E-state index in [-0.39, 0.29) is 5.91 Å². The van der Waals surface area contributed by atoms with E-state index in [0.717, 1.165) is 4.47 Å². The van der Waals surface area contributed by atoms with Crippen molar-refractivity contribution in [1.82, 2.24) is 10.9 Å². The fourth-order valence-corrected chi connectivity index (χ4v) is 2.19. The van der Waals surface area contributed by atoms with Crippen LogP contribution in [0, 0.1) is 12.1 Å². The van der Waals surface area contributed by atoms with Crippen LogP contribution in [0.4, 0.5) is 0 Å². The molecule has 0 unspecified atom stereocenters. The number of rotatable bonds is 3. The molecule has 1 atom stereocenters. The van der Waals surface area contributed by atoms with Gasteiger partial charge in [0.15, 0.2) is 6.23 Å². The first-order chi connectivity index (χ1) is 10.1. The quantitative estimate of drug-likeness (QED) is 0.661. The fourth-order valence-electron chi connectivity index (χ4n) is 1.93. The van der Waals surface area contributed by atoms with Crippen LogP contribution in [-0.4, -0.2) is 11.9 Å². The molecule has 0 aromatic heterocycles. The molecule has 0 saturated carbocycles. The number of amides is 1. The number of carbonyl (C=O) groups excluding carboxylic acids is 2. The summed E-state index contributed by atoms with van der Waals surface area (Å²) in [7, 11) is 0. The minimum atomic E-state index is -0.724. The van der Waals surface area contributed by atoms with Crippen molar-refractivity contribution in [3.05, 3.63) is 69.7 Å². The van der Waals surface area contributed by atoms with Crippen LogP contribution in [0.25, 0.3) is 0 Å². The third-order valence-corrected chi connectivity index (χ3v) is 3.50. The summed E-state index contributed by atoms with van der Waals surface area (Å²) in [6.07, 6.45) is -0.724. The molecule has 0 spiro atoms. The Morgan fingerprint density at radius 3 is 2.76 bits per heavy atom. The van der Waals surface area contributed by atoms with Crippen molar-refractivity contribution in [1.29, 1.82) is 0 Å². The van der Waals surface area contributed by atoms with Crippen molar-refractivity contribution in [2.45, 2.75) is 6.23 Å². The molecule has 0 fully saturated rings. The summed E-state index contributed by atoms with van der Waals surface area (Å²) in [5.74, 6) is -0.810. The van der Waals surface area contributed by atoms with Crippen molar-refractivity contribution in [2.75, 3.05) is 0 Å². The molecule has 1 aliphatic heterocycles. The Morgan fingerprint density at radius 1 is 1.24 bits per heavy atom. The van der Waals surface area contributed by atoms with Crippen molar-refractivity contribution < 1.29 is 14.3 Å². The molecule has 0 bridgehead atoms. The van der Waals surface area contributed by atoms with E-state index in [9.17, 15) is 9.59 Å². The van der Waals surface area contributed by atoms with Crippen LogP contribution in [0.15, 0.2) is 40.9 Å². The number of esters is 1. The Hall–Kier alpha value is -2.36. The largest absolute Gasteiger partial charge is 0.436 e. The fraction of sp³-hybridized carbons (Fsp3) is 0.0667. The van der Waals surface area contributed by atoms with Crippen LogP contribution >= 0.6 is 15.9 Å². The Labute approximate surface area is 129 Å². The molecule has 0 aliphatic carbocycles. The van der Waals surface area contributed by atoms with Gasteiger partial charge in [-0.15, -0.1) is 0 Å². The Balaban J connectivity index is 1.68. The van der Waals surface area contributed by atoms with E-state index >= 15 is 0 Å². The summed E-state index contributed by atoms with van der Waals surface area (Å²) in [6.45, 7) is 0. The highest BCUT2D eigenvalue weighted by Crippen LogP contribution is 2.26. The Morgan fingerprint density at radius 2 is 2.00 bits per heavy atom. The minimum absolute atomic E-state index is 0.321. The molecule has 1 heterocycles. The number of hydrogen-bond donors (Lipinski definition) is 2. The number of hydrazine groups is 1. The second kappa shape index (κ2) is 5.56. The maximum absolute atomic E-state index is 12.0. The number of nitrogens with one attached hydrogen (secondary N) is 2. The predicted molar refractivity (Wildman–Crippen MR) is 77.0 cm³/mol. The molecule has 6 heteroatoms. The molecule has 1 aliphatic rings. The first kappa shape index (κ1) is 13.6. The summed E-state index contributed by atoms with van der Waals surface area (Å²) in [5, 5.41) is 0. The summed E-state index contributed by atoms with van der Waals surface area (Å²) in [5.41, 5.74) is 6.65. The highest BCUT2D eigenvalue weighted by atomic mass is 79.9. The van der Waals surface area contributed by atoms with Gasteiger partial charge in [-0.3, -0.25) is 10.2 Å². The molecular formula is C15H9BrN2O3. The van der Waals surface area contributed by atoms with E-state index in [0.29, 0.717) is 16.7 Å². The van der Waals surface area contributed by atoms with E-state index in [2.05, 4.69) is 38.9 Å². The molecule has 3 rings (SSSR count). The van der Waals surface area contributed by atoms with Gasteiger partial charge in [0.05, 0.1) is 0 Å². The lowest BCUT2D eigenvalue weighted by Crippen LogP contribution is -2.40. The van der Waals surface area contributed by atoms with Crippen molar-refractivity contribution in [3.63, 3.8) is 0 Å². The molecule has 2 aromatic carbocycles. The zero-order valence-electron chi connectivity index (χ0n) is 10.6. The summed E-state index contributed by atoms with van der Waals surface area (Å²) in [6, 6.07) is 15.6. The number of halogens is 1. The molecular weight excluding hydrogens is 336 g/mol. The predicted octanol–water partition coefficient (Wildman–Crippen LogP) is 2.15. The summed E-state index contributed by atoms with van der Waals surface area (Å²) < 4.78 is 6.00. The topological polar surface area (TPSA) is 67.4 Å². The van der Waals surface area contributed by atoms with Gasteiger partial charge in [0.1, 0.15) is 5.56 Å². The van der Waals surface area contributed by atoms with Gasteiger partial charge in [0, 0.05) is 15.6 Å². The van der Waals surface area contributed by atoms with E-state index < -0.39 is 12.2 Å². The van der Waals surface area contributed by atoms with Crippen LogP contribution < -0.4 is 10.9 Å². The molecule has 21 heavy (non-hydrogen) atoms. The lowest BCUT2D eigenvalue weighted by molar-refractivity contribution is 0.0261. The van der Waals surface area contributed by atoms with Gasteiger partial charge < -0.3 is 4.74 Å². The third kappa shape index (κ3) is 2.75. The van der Waals surface area contributed by atoms with Crippen LogP contribution in [0.5, 0.6) is 0 Å². The molecule has 104 valence electrons. The van der Waals surface area contributed by atoms with Gasteiger partial charge in [-0.25, -0.2) is 4.79 Å². The number of ether oxygens (including phenoxy) is 1. The maximum atomic E-state index is 12.0. The highest BCUT2D eigenvalue weighted by Gasteiger charge is 2.31. The van der Waals surface area contributed by atoms with Crippen molar-refractivity contribution in [3.8, 4) is 0 Å². The number of carbonyl (C=O) groups is 2. The van der Waals surface area contributed by atoms with Gasteiger partial charge in [-0.2, -0.15) is 5.43 Å². The second-order valence-corrected chi connectivity index (χ2v) is 5.24. The number of cyclic esters (lactones) is 1. The number of fused-ring (bicyclic) bond motifs is 1. The molecule has 0 saturated heterocycles. The zero-order valence-corrected chi connectivity index (χ0v) is 12.2. The second-order valence-electron chi connectivity index (χ2n) is 4.32. The van der Waals surface area contributed by atoms with Gasteiger partial charge in [0.2, 0.25) is 0 Å². The molecule has 5 nitrogen and oxygen atoms in total. The maximum Gasteiger partial charge on any atom is 0.349 e. The summed E-state index contributed by atoms with van der Waals surface area (Å²) in [4.78, 5) is 23.6. The van der Waals surface area contributed by atoms with E-state index in [1.165, 1.54) is 0 Å². The first-order valence-corrected chi connectivity index (χ1v) is 6.89. The normalized spacial score (nSPS) is 15.9. The van der Waals surface area contributed by atoms with Crippen LogP contribution in [0.2, 0.25) is 0 Å². The Kier molecular flexibility index (Phi) is 3.60. The standard InChI is InChI=1S/C15H9BrN2O3/c16-10-7-5-9(6-8-10)13(19)17-18-14-11-3-1-2-4-12(11)15(20)21-14/h1,3,5-8,14,18H,(H,17,19)/t14-/m1/s1. The lowest BCUT2D eigenvalue weighted by Gasteiger charge is -2.13. The van der Waals surface area contributed by atoms with E-state index in [1.807, 2.05) is 0 Å². The van der Waals surface area contributed by atoms with Crippen molar-refractivity contribution in [2.24, 2.45) is 0 Å². The smallest absolute Gasteiger partial charge is 0.349 e. The SMILES string of the molecule is O=C(NN[C@@H]1OC(=O)c2c#cccc21)c1ccc(Br)cc1. The highest BCUT2D eigenvalue weighted by molar-refractivity contribution is 9.10. The van der Waals surface area contributed by atoms with Gasteiger partial charge >= 0.3 is 5.97 Å². The van der Waals surface area contributed by atoms with Gasteiger partial charge in [-0.1, -0.05) is 28.1 Å². The van der Waals surface area contributed by atoms with Crippen LogP contribution in [-0.2, 0) is 4.74 Å². The Bertz CT molecular complexity index is 700. The zero-order chi connectivity index (χ0) is 14.8. The third-order valence-electron chi connectivity index (χ3n) is 2.97. The molecule has 1 amide bonds. The van der Waals surface area contributed by atoms with Gasteiger partial charge in [0.25, 0.3) is 5.91 Å². The van der Waals surface area contributed by atoms with Crippen LogP contribution in [0.1, 0.15) is 32.5 Å². The average Bonchev–Trinajstić information content (AvgIpc) is 2.83. The molecule has 2 N–H and O–H groups in total. The van der Waals surface area contributed by atoms with E-state index in [4.69, 9.17) is 4.74 Å². The molecule has 2 aromatic rings. The average molecular weight is 345 g/mol. The first-order valence-electron chi connectivity index (χ1n) is 6.10. The molecule has 0 radical (unpaired) electrons. The minimum Gasteiger partial charge on any atom is -0.436 e. The monoisotopic (exact) mass is 344 g/mol. The number of benzene rings is 1. The van der Waals surface area contributed by atoms with E-state index in [1.54, 1.807) is 36.4 Å². The summed E-state index contributed by atoms with van der Waals surface area (Å²) >= 11 is 3.30. The number of hydrogen-bond acceptors (Lipinski definition) is 4. The van der Waals surface area contributed by atoms with Crippen molar-refractivity contribution >= 4 is 27.8 Å². The lowest BCUT2D eigenvalue weighted by atomic mass is 10.1. The van der Waals surface area contributed by atoms with Gasteiger partial charge in [-0.05, 0) is 36.4 Å².